The topological polar surface area (TPSA) is 82.2 Å². The first kappa shape index (κ1) is 27.6. The summed E-state index contributed by atoms with van der Waals surface area (Å²) < 4.78 is 5.79. The smallest absolute Gasteiger partial charge is 0.251 e. The van der Waals surface area contributed by atoms with Crippen molar-refractivity contribution < 1.29 is 19.1 Å². The van der Waals surface area contributed by atoms with Crippen LogP contribution in [0.2, 0.25) is 0 Å². The Labute approximate surface area is 221 Å². The molecule has 0 aliphatic carbocycles. The van der Waals surface area contributed by atoms with Crippen LogP contribution in [0, 0.1) is 11.8 Å². The Balaban J connectivity index is 1.42. The van der Waals surface area contributed by atoms with Gasteiger partial charge in [-0.15, -0.1) is 0 Å². The summed E-state index contributed by atoms with van der Waals surface area (Å²) in [4.78, 5) is 46.1. The lowest BCUT2D eigenvalue weighted by atomic mass is 9.97. The van der Waals surface area contributed by atoms with Crippen molar-refractivity contribution in [2.24, 2.45) is 11.8 Å². The van der Waals surface area contributed by atoms with Crippen LogP contribution in [-0.2, 0) is 14.3 Å². The predicted molar refractivity (Wildman–Crippen MR) is 145 cm³/mol. The van der Waals surface area contributed by atoms with Crippen molar-refractivity contribution in [3.05, 3.63) is 29.8 Å². The molecule has 37 heavy (non-hydrogen) atoms. The summed E-state index contributed by atoms with van der Waals surface area (Å²) in [7, 11) is 0. The van der Waals surface area contributed by atoms with Crippen molar-refractivity contribution in [2.75, 3.05) is 50.8 Å². The molecule has 8 heteroatoms. The average Bonchev–Trinajstić information content (AvgIpc) is 3.44. The molecule has 204 valence electrons. The van der Waals surface area contributed by atoms with Crippen LogP contribution in [0.3, 0.4) is 0 Å². The van der Waals surface area contributed by atoms with Crippen LogP contribution in [0.1, 0.15) is 63.7 Å². The van der Waals surface area contributed by atoms with Gasteiger partial charge in [0.15, 0.2) is 5.78 Å². The average molecular weight is 513 g/mol. The fourth-order valence-corrected chi connectivity index (χ4v) is 6.11. The summed E-state index contributed by atoms with van der Waals surface area (Å²) in [5, 5.41) is 3.00. The molecular weight excluding hydrogens is 468 g/mol. The predicted octanol–water partition coefficient (Wildman–Crippen LogP) is 2.96. The maximum Gasteiger partial charge on any atom is 0.251 e. The fourth-order valence-electron chi connectivity index (χ4n) is 6.11. The number of nitrogens with one attached hydrogen (secondary N) is 1. The minimum absolute atomic E-state index is 0.0299. The monoisotopic (exact) mass is 512 g/mol. The molecule has 3 aliphatic heterocycles. The zero-order valence-corrected chi connectivity index (χ0v) is 22.9. The van der Waals surface area contributed by atoms with E-state index < -0.39 is 12.1 Å². The van der Waals surface area contributed by atoms with E-state index in [1.807, 2.05) is 38.1 Å². The van der Waals surface area contributed by atoms with Crippen molar-refractivity contribution in [1.29, 1.82) is 0 Å². The molecule has 0 saturated carbocycles. The minimum Gasteiger partial charge on any atom is -0.369 e. The molecule has 4 rings (SSSR count). The highest BCUT2D eigenvalue weighted by Gasteiger charge is 2.52. The molecule has 1 N–H and O–H groups in total. The number of carbonyl (C=O) groups excluding carboxylic acids is 3. The molecule has 0 unspecified atom stereocenters. The van der Waals surface area contributed by atoms with Crippen molar-refractivity contribution in [1.82, 2.24) is 15.1 Å². The van der Waals surface area contributed by atoms with Crippen LogP contribution < -0.4 is 10.2 Å². The molecule has 3 fully saturated rings. The second kappa shape index (κ2) is 12.4. The number of fused-ring (bicyclic) bond motifs is 1. The van der Waals surface area contributed by atoms with Crippen LogP contribution in [-0.4, -0.2) is 91.5 Å². The third kappa shape index (κ3) is 6.34. The van der Waals surface area contributed by atoms with E-state index in [4.69, 9.17) is 4.74 Å². The lowest BCUT2D eigenvalue weighted by Gasteiger charge is -2.36. The summed E-state index contributed by atoms with van der Waals surface area (Å²) in [6, 6.07) is 6.49. The van der Waals surface area contributed by atoms with E-state index in [2.05, 4.69) is 29.0 Å². The highest BCUT2D eigenvalue weighted by Crippen LogP contribution is 2.35. The van der Waals surface area contributed by atoms with Crippen LogP contribution in [0.4, 0.5) is 5.69 Å². The van der Waals surface area contributed by atoms with Crippen LogP contribution in [0.5, 0.6) is 0 Å². The van der Waals surface area contributed by atoms with E-state index in [9.17, 15) is 14.4 Å². The van der Waals surface area contributed by atoms with Crippen LogP contribution in [0.15, 0.2) is 24.3 Å². The number of likely N-dealkylation sites (tertiary alicyclic amines) is 1. The molecule has 3 aliphatic rings. The van der Waals surface area contributed by atoms with Gasteiger partial charge in [-0.25, -0.2) is 0 Å². The van der Waals surface area contributed by atoms with Crippen molar-refractivity contribution in [3.63, 3.8) is 0 Å². The summed E-state index contributed by atoms with van der Waals surface area (Å²) >= 11 is 0. The first-order chi connectivity index (χ1) is 17.8. The van der Waals surface area contributed by atoms with E-state index in [1.165, 1.54) is 6.42 Å². The van der Waals surface area contributed by atoms with Gasteiger partial charge in [0.05, 0.1) is 6.10 Å². The van der Waals surface area contributed by atoms with E-state index in [0.29, 0.717) is 18.5 Å². The number of benzene rings is 1. The molecule has 0 bridgehead atoms. The summed E-state index contributed by atoms with van der Waals surface area (Å²) in [6.45, 7) is 14.2. The van der Waals surface area contributed by atoms with E-state index in [1.54, 1.807) is 4.90 Å². The fraction of sp³-hybridized carbons (Fsp3) is 0.690. The van der Waals surface area contributed by atoms with Gasteiger partial charge in [-0.2, -0.15) is 0 Å². The highest BCUT2D eigenvalue weighted by molar-refractivity contribution is 5.99. The molecule has 3 saturated heterocycles. The largest absolute Gasteiger partial charge is 0.369 e. The summed E-state index contributed by atoms with van der Waals surface area (Å²) in [6.07, 6.45) is 3.37. The van der Waals surface area contributed by atoms with Gasteiger partial charge in [0.25, 0.3) is 5.91 Å². The highest BCUT2D eigenvalue weighted by atomic mass is 16.5. The van der Waals surface area contributed by atoms with Gasteiger partial charge in [-0.3, -0.25) is 19.3 Å². The number of piperazine rings is 1. The SMILES string of the molecule is CCC[C@H]1CN(C(=O)[C@H](CC(C)C)NC(=O)c2ccc(N3CCN(CCC)CC3)cc2)[C@@H]2C(=O)CO[C@H]12. The molecule has 2 amide bonds. The molecule has 0 radical (unpaired) electrons. The number of carbonyl (C=O) groups is 3. The first-order valence-electron chi connectivity index (χ1n) is 14.1. The number of amides is 2. The van der Waals surface area contributed by atoms with E-state index in [0.717, 1.165) is 51.3 Å². The number of hydrogen-bond acceptors (Lipinski definition) is 6. The molecule has 3 heterocycles. The van der Waals surface area contributed by atoms with Gasteiger partial charge >= 0.3 is 0 Å². The quantitative estimate of drug-likeness (QED) is 0.519. The second-order valence-corrected chi connectivity index (χ2v) is 11.3. The van der Waals surface area contributed by atoms with Gasteiger partial charge in [0, 0.05) is 49.9 Å². The number of ketones is 1. The Morgan fingerprint density at radius 3 is 2.38 bits per heavy atom. The second-order valence-electron chi connectivity index (χ2n) is 11.3. The zero-order valence-electron chi connectivity index (χ0n) is 22.9. The molecular formula is C29H44N4O4. The zero-order chi connectivity index (χ0) is 26.5. The number of rotatable bonds is 10. The molecule has 1 aromatic carbocycles. The molecule has 4 atom stereocenters. The number of nitrogens with zero attached hydrogens (tertiary/aromatic N) is 3. The van der Waals surface area contributed by atoms with Gasteiger partial charge < -0.3 is 19.9 Å². The lowest BCUT2D eigenvalue weighted by Crippen LogP contribution is -2.52. The van der Waals surface area contributed by atoms with Crippen molar-refractivity contribution in [3.8, 4) is 0 Å². The number of ether oxygens (including phenoxy) is 1. The molecule has 0 spiro atoms. The number of hydrogen-bond donors (Lipinski definition) is 1. The maximum absolute atomic E-state index is 13.7. The third-order valence-electron chi connectivity index (χ3n) is 7.95. The Morgan fingerprint density at radius 1 is 1.05 bits per heavy atom. The van der Waals surface area contributed by atoms with E-state index in [-0.39, 0.29) is 42.1 Å². The van der Waals surface area contributed by atoms with Crippen molar-refractivity contribution >= 4 is 23.3 Å². The number of anilines is 1. The van der Waals surface area contributed by atoms with Gasteiger partial charge in [0.2, 0.25) is 5.91 Å². The molecule has 0 aromatic heterocycles. The number of Topliss-reactive ketones (excluding diaryl/α,β-unsaturated/α-hetero) is 1. The summed E-state index contributed by atoms with van der Waals surface area (Å²) in [5.74, 6) is -0.0810. The van der Waals surface area contributed by atoms with E-state index >= 15 is 0 Å². The van der Waals surface area contributed by atoms with Gasteiger partial charge in [-0.1, -0.05) is 34.1 Å². The Hall–Kier alpha value is -2.45. The van der Waals surface area contributed by atoms with Gasteiger partial charge in [0.1, 0.15) is 18.7 Å². The molecule has 1 aromatic rings. The Morgan fingerprint density at radius 2 is 1.76 bits per heavy atom. The Bertz CT molecular complexity index is 942. The standard InChI is InChI=1S/C29H44N4O4/c1-5-7-22-18-33(26-25(34)19-37-27(22)26)29(36)24(17-20(3)4)30-28(35)21-8-10-23(11-9-21)32-15-13-31(12-6-2)14-16-32/h8-11,20,22,24,26-27H,5-7,12-19H2,1-4H3,(H,30,35)/t22-,24-,26+,27+/m0/s1. The maximum atomic E-state index is 13.7. The third-order valence-corrected chi connectivity index (χ3v) is 7.95. The molecule has 8 nitrogen and oxygen atoms in total. The van der Waals surface area contributed by atoms with Crippen molar-refractivity contribution in [2.45, 2.75) is 71.6 Å². The van der Waals surface area contributed by atoms with Crippen LogP contribution in [0.25, 0.3) is 0 Å². The minimum atomic E-state index is -0.673. The van der Waals surface area contributed by atoms with Gasteiger partial charge in [-0.05, 0) is 56.0 Å². The normalized spacial score (nSPS) is 25.0. The lowest BCUT2D eigenvalue weighted by molar-refractivity contribution is -0.138. The first-order valence-corrected chi connectivity index (χ1v) is 14.1. The Kier molecular flexibility index (Phi) is 9.24. The van der Waals surface area contributed by atoms with Crippen LogP contribution >= 0.6 is 0 Å². The summed E-state index contributed by atoms with van der Waals surface area (Å²) in [5.41, 5.74) is 1.66.